The molecule has 4 rings (SSSR count). The molecule has 2 aliphatic heterocycles. The summed E-state index contributed by atoms with van der Waals surface area (Å²) < 4.78 is 11.6. The molecular weight excluding hydrogens is 460 g/mol. The average molecular weight is 491 g/mol. The number of rotatable bonds is 9. The maximum atomic E-state index is 12.6. The molecule has 2 heterocycles. The smallest absolute Gasteiger partial charge is 0.283 e. The molecule has 0 aromatic heterocycles. The standard InChI is InChI=1S/C27H30N4O3S/c1-5-20(6-2)26-30-31-24(28)22(25(32)29-27(31)35-26)16-19-8-10-21(11-9-19)33-13-14-34-23-12-7-17(3)15-18(23)4/h7-12,15-16,20,28H,5-6,13-14H2,1-4H3. The van der Waals surface area contributed by atoms with E-state index in [1.54, 1.807) is 6.08 Å². The summed E-state index contributed by atoms with van der Waals surface area (Å²) in [5.41, 5.74) is 3.31. The molecule has 0 fully saturated rings. The molecule has 1 N–H and O–H groups in total. The third-order valence-electron chi connectivity index (χ3n) is 5.94. The number of thioether (sulfide) groups is 1. The average Bonchev–Trinajstić information content (AvgIpc) is 3.26. The van der Waals surface area contributed by atoms with Crippen molar-refractivity contribution in [3.8, 4) is 11.5 Å². The molecule has 0 atom stereocenters. The van der Waals surface area contributed by atoms with E-state index in [4.69, 9.17) is 14.9 Å². The SMILES string of the molecule is CCC(CC)C1=NN2C(=N)C(=Cc3ccc(OCCOc4ccc(C)cc4C)cc3)C(=O)N=C2S1. The van der Waals surface area contributed by atoms with Gasteiger partial charge in [0.15, 0.2) is 5.84 Å². The van der Waals surface area contributed by atoms with Crippen molar-refractivity contribution in [1.82, 2.24) is 5.01 Å². The Hall–Kier alpha value is -3.39. The summed E-state index contributed by atoms with van der Waals surface area (Å²) in [4.78, 5) is 16.8. The van der Waals surface area contributed by atoms with Crippen molar-refractivity contribution in [2.45, 2.75) is 40.5 Å². The van der Waals surface area contributed by atoms with Crippen molar-refractivity contribution in [3.63, 3.8) is 0 Å². The lowest BCUT2D eigenvalue weighted by molar-refractivity contribution is -0.114. The minimum absolute atomic E-state index is 0.0531. The predicted octanol–water partition coefficient (Wildman–Crippen LogP) is 5.82. The highest BCUT2D eigenvalue weighted by molar-refractivity contribution is 8.27. The van der Waals surface area contributed by atoms with Gasteiger partial charge in [-0.05, 0) is 73.9 Å². The molecule has 7 nitrogen and oxygen atoms in total. The van der Waals surface area contributed by atoms with Crippen LogP contribution in [0.25, 0.3) is 6.08 Å². The molecular formula is C27H30N4O3S. The van der Waals surface area contributed by atoms with Gasteiger partial charge in [0.05, 0.1) is 5.57 Å². The molecule has 1 amide bonds. The third kappa shape index (κ3) is 5.65. The number of hydrazone groups is 1. The van der Waals surface area contributed by atoms with Crippen LogP contribution in [0.3, 0.4) is 0 Å². The van der Waals surface area contributed by atoms with Crippen molar-refractivity contribution in [1.29, 1.82) is 5.41 Å². The quantitative estimate of drug-likeness (QED) is 0.354. The molecule has 8 heteroatoms. The maximum absolute atomic E-state index is 12.6. The van der Waals surface area contributed by atoms with E-state index < -0.39 is 5.91 Å². The minimum Gasteiger partial charge on any atom is -0.490 e. The first kappa shape index (κ1) is 24.7. The molecule has 2 aromatic carbocycles. The van der Waals surface area contributed by atoms with E-state index in [0.29, 0.717) is 30.0 Å². The van der Waals surface area contributed by atoms with Crippen molar-refractivity contribution in [3.05, 3.63) is 64.7 Å². The molecule has 0 unspecified atom stereocenters. The predicted molar refractivity (Wildman–Crippen MR) is 142 cm³/mol. The number of hydrogen-bond donors (Lipinski definition) is 1. The summed E-state index contributed by atoms with van der Waals surface area (Å²) in [7, 11) is 0. The van der Waals surface area contributed by atoms with Gasteiger partial charge in [-0.15, -0.1) is 0 Å². The maximum Gasteiger partial charge on any atom is 0.283 e. The minimum atomic E-state index is -0.418. The first-order valence-corrected chi connectivity index (χ1v) is 12.6. The van der Waals surface area contributed by atoms with Gasteiger partial charge >= 0.3 is 0 Å². The Morgan fingerprint density at radius 2 is 1.77 bits per heavy atom. The molecule has 0 spiro atoms. The van der Waals surface area contributed by atoms with E-state index >= 15 is 0 Å². The lowest BCUT2D eigenvalue weighted by Crippen LogP contribution is -2.35. The van der Waals surface area contributed by atoms with Crippen molar-refractivity contribution in [2.24, 2.45) is 16.0 Å². The molecule has 0 saturated heterocycles. The number of aliphatic imine (C=N–C) groups is 1. The van der Waals surface area contributed by atoms with E-state index in [0.717, 1.165) is 34.8 Å². The zero-order valence-corrected chi connectivity index (χ0v) is 21.3. The zero-order chi connectivity index (χ0) is 24.9. The van der Waals surface area contributed by atoms with Crippen molar-refractivity contribution in [2.75, 3.05) is 13.2 Å². The highest BCUT2D eigenvalue weighted by Gasteiger charge is 2.37. The largest absolute Gasteiger partial charge is 0.490 e. The number of fused-ring (bicyclic) bond motifs is 1. The van der Waals surface area contributed by atoms with Gasteiger partial charge in [-0.3, -0.25) is 10.2 Å². The number of aryl methyl sites for hydroxylation is 2. The van der Waals surface area contributed by atoms with Gasteiger partial charge in [0.25, 0.3) is 5.91 Å². The Morgan fingerprint density at radius 3 is 2.46 bits per heavy atom. The summed E-state index contributed by atoms with van der Waals surface area (Å²) in [5.74, 6) is 1.51. The summed E-state index contributed by atoms with van der Waals surface area (Å²) in [6, 6.07) is 13.5. The van der Waals surface area contributed by atoms with Crippen LogP contribution in [0.15, 0.2) is 58.1 Å². The van der Waals surface area contributed by atoms with Crippen LogP contribution in [0.1, 0.15) is 43.4 Å². The van der Waals surface area contributed by atoms with Crippen LogP contribution in [0, 0.1) is 25.2 Å². The molecule has 35 heavy (non-hydrogen) atoms. The number of amidine groups is 2. The van der Waals surface area contributed by atoms with Gasteiger partial charge in [-0.25, -0.2) is 0 Å². The number of carbonyl (C=O) groups is 1. The number of carbonyl (C=O) groups excluding carboxylic acids is 1. The van der Waals surface area contributed by atoms with Gasteiger partial charge in [0.1, 0.15) is 29.8 Å². The summed E-state index contributed by atoms with van der Waals surface area (Å²) in [5, 5.41) is 16.0. The molecule has 182 valence electrons. The fourth-order valence-electron chi connectivity index (χ4n) is 3.91. The van der Waals surface area contributed by atoms with Crippen LogP contribution in [0.5, 0.6) is 11.5 Å². The molecule has 2 aromatic rings. The van der Waals surface area contributed by atoms with Gasteiger partial charge in [0.2, 0.25) is 5.17 Å². The Kier molecular flexibility index (Phi) is 7.70. The number of nitrogens with zero attached hydrogens (tertiary/aromatic N) is 3. The van der Waals surface area contributed by atoms with Crippen molar-refractivity contribution >= 4 is 39.8 Å². The number of hydrogen-bond acceptors (Lipinski definition) is 6. The third-order valence-corrected chi connectivity index (χ3v) is 7.01. The number of amides is 1. The van der Waals surface area contributed by atoms with E-state index in [9.17, 15) is 4.79 Å². The molecule has 0 aliphatic carbocycles. The molecule has 0 radical (unpaired) electrons. The van der Waals surface area contributed by atoms with Gasteiger partial charge in [-0.1, -0.05) is 43.7 Å². The highest BCUT2D eigenvalue weighted by atomic mass is 32.2. The topological polar surface area (TPSA) is 87.3 Å². The normalized spacial score (nSPS) is 16.5. The second kappa shape index (κ2) is 10.9. The van der Waals surface area contributed by atoms with Crippen molar-refractivity contribution < 1.29 is 14.3 Å². The van der Waals surface area contributed by atoms with E-state index in [1.807, 2.05) is 43.3 Å². The van der Waals surface area contributed by atoms with E-state index in [-0.39, 0.29) is 11.4 Å². The summed E-state index contributed by atoms with van der Waals surface area (Å²) >= 11 is 1.39. The monoisotopic (exact) mass is 490 g/mol. The van der Waals surface area contributed by atoms with Gasteiger partial charge in [0, 0.05) is 5.92 Å². The summed E-state index contributed by atoms with van der Waals surface area (Å²) in [6.45, 7) is 9.17. The highest BCUT2D eigenvalue weighted by Crippen LogP contribution is 2.33. The number of nitrogens with one attached hydrogen (secondary N) is 1. The summed E-state index contributed by atoms with van der Waals surface area (Å²) in [6.07, 6.45) is 3.59. The molecule has 2 aliphatic rings. The molecule has 0 saturated carbocycles. The van der Waals surface area contributed by atoms with E-state index in [1.165, 1.54) is 22.3 Å². The Balaban J connectivity index is 1.37. The number of benzene rings is 2. The second-order valence-corrected chi connectivity index (χ2v) is 9.49. The Labute approximate surface area is 210 Å². The fourth-order valence-corrected chi connectivity index (χ4v) is 5.07. The lowest BCUT2D eigenvalue weighted by atomic mass is 10.1. The first-order valence-electron chi connectivity index (χ1n) is 11.8. The fraction of sp³-hybridized carbons (Fsp3) is 0.333. The first-order chi connectivity index (χ1) is 16.9. The Bertz CT molecular complexity index is 1210. The van der Waals surface area contributed by atoms with Gasteiger partial charge in [-0.2, -0.15) is 15.1 Å². The lowest BCUT2D eigenvalue weighted by Gasteiger charge is -2.20. The van der Waals surface area contributed by atoms with Gasteiger partial charge < -0.3 is 9.47 Å². The van der Waals surface area contributed by atoms with Crippen LogP contribution < -0.4 is 9.47 Å². The van der Waals surface area contributed by atoms with Crippen LogP contribution in [-0.2, 0) is 4.79 Å². The van der Waals surface area contributed by atoms with Crippen LogP contribution in [-0.4, -0.2) is 40.2 Å². The zero-order valence-electron chi connectivity index (χ0n) is 20.5. The van der Waals surface area contributed by atoms with Crippen LogP contribution in [0.2, 0.25) is 0 Å². The number of ether oxygens (including phenoxy) is 2. The molecule has 0 bridgehead atoms. The second-order valence-electron chi connectivity index (χ2n) is 8.51. The van der Waals surface area contributed by atoms with E-state index in [2.05, 4.69) is 36.9 Å². The van der Waals surface area contributed by atoms with Crippen LogP contribution >= 0.6 is 11.8 Å². The Morgan fingerprint density at radius 1 is 1.06 bits per heavy atom. The van der Waals surface area contributed by atoms with Crippen LogP contribution in [0.4, 0.5) is 0 Å².